The van der Waals surface area contributed by atoms with Crippen LogP contribution in [0.4, 0.5) is 0 Å². The molecule has 0 heterocycles. The van der Waals surface area contributed by atoms with E-state index in [1.165, 1.54) is 0 Å². The average Bonchev–Trinajstić information content (AvgIpc) is 2.73. The molecule has 0 bridgehead atoms. The monoisotopic (exact) mass is 297 g/mol. The minimum atomic E-state index is -0.250. The maximum Gasteiger partial charge on any atom is 0.251 e. The van der Waals surface area contributed by atoms with E-state index in [2.05, 4.69) is 21.2 Å². The third-order valence-corrected chi connectivity index (χ3v) is 3.78. The van der Waals surface area contributed by atoms with Crippen molar-refractivity contribution >= 4 is 21.8 Å². The number of carbonyl (C=O) groups excluding carboxylic acids is 1. The Hall–Kier alpha value is -0.870. The van der Waals surface area contributed by atoms with Crippen molar-refractivity contribution in [3.63, 3.8) is 0 Å². The molecule has 2 rings (SSSR count). The standard InChI is InChI=1S/C13H16BrNO2/c14-11-6-4-9(5-7-11)13(17)15-8-10-2-1-3-12(10)16/h4-7,10,12,16H,1-3,8H2,(H,15,17). The van der Waals surface area contributed by atoms with Crippen molar-refractivity contribution in [2.24, 2.45) is 5.92 Å². The van der Waals surface area contributed by atoms with Gasteiger partial charge < -0.3 is 10.4 Å². The largest absolute Gasteiger partial charge is 0.393 e. The number of hydrogen-bond donors (Lipinski definition) is 2. The molecule has 0 radical (unpaired) electrons. The summed E-state index contributed by atoms with van der Waals surface area (Å²) in [5, 5.41) is 12.5. The number of halogens is 1. The van der Waals surface area contributed by atoms with Crippen LogP contribution < -0.4 is 5.32 Å². The SMILES string of the molecule is O=C(NCC1CCCC1O)c1ccc(Br)cc1. The second kappa shape index (κ2) is 5.65. The summed E-state index contributed by atoms with van der Waals surface area (Å²) < 4.78 is 0.959. The summed E-state index contributed by atoms with van der Waals surface area (Å²) in [5.41, 5.74) is 0.653. The number of hydrogen-bond acceptors (Lipinski definition) is 2. The van der Waals surface area contributed by atoms with Crippen molar-refractivity contribution < 1.29 is 9.90 Å². The van der Waals surface area contributed by atoms with E-state index in [1.54, 1.807) is 12.1 Å². The molecule has 0 aliphatic heterocycles. The van der Waals surface area contributed by atoms with E-state index < -0.39 is 0 Å². The molecule has 2 N–H and O–H groups in total. The highest BCUT2D eigenvalue weighted by molar-refractivity contribution is 9.10. The molecule has 1 aromatic carbocycles. The molecule has 2 unspecified atom stereocenters. The van der Waals surface area contributed by atoms with Crippen LogP contribution in [0.1, 0.15) is 29.6 Å². The van der Waals surface area contributed by atoms with Gasteiger partial charge in [0.15, 0.2) is 0 Å². The molecule has 1 saturated carbocycles. The van der Waals surface area contributed by atoms with Crippen LogP contribution in [0.2, 0.25) is 0 Å². The van der Waals surface area contributed by atoms with Crippen LogP contribution >= 0.6 is 15.9 Å². The van der Waals surface area contributed by atoms with E-state index in [9.17, 15) is 9.90 Å². The minimum absolute atomic E-state index is 0.0726. The number of aliphatic hydroxyl groups excluding tert-OH is 1. The fourth-order valence-electron chi connectivity index (χ4n) is 2.18. The number of carbonyl (C=O) groups is 1. The zero-order chi connectivity index (χ0) is 12.3. The first-order valence-electron chi connectivity index (χ1n) is 5.88. The van der Waals surface area contributed by atoms with E-state index in [0.29, 0.717) is 12.1 Å². The molecule has 17 heavy (non-hydrogen) atoms. The molecule has 0 spiro atoms. The van der Waals surface area contributed by atoms with Gasteiger partial charge in [0.1, 0.15) is 0 Å². The van der Waals surface area contributed by atoms with Gasteiger partial charge in [0.2, 0.25) is 0 Å². The molecule has 0 saturated heterocycles. The Morgan fingerprint density at radius 2 is 2.06 bits per heavy atom. The first-order chi connectivity index (χ1) is 8.16. The van der Waals surface area contributed by atoms with Crippen LogP contribution in [0.15, 0.2) is 28.7 Å². The molecular formula is C13H16BrNO2. The summed E-state index contributed by atoms with van der Waals surface area (Å²) in [4.78, 5) is 11.8. The summed E-state index contributed by atoms with van der Waals surface area (Å²) in [6.07, 6.45) is 2.67. The van der Waals surface area contributed by atoms with Gasteiger partial charge in [0.25, 0.3) is 5.91 Å². The van der Waals surface area contributed by atoms with Gasteiger partial charge in [-0.05, 0) is 37.1 Å². The van der Waals surface area contributed by atoms with Crippen molar-refractivity contribution in [1.82, 2.24) is 5.32 Å². The molecule has 1 fully saturated rings. The van der Waals surface area contributed by atoms with Crippen molar-refractivity contribution in [3.8, 4) is 0 Å². The van der Waals surface area contributed by atoms with Gasteiger partial charge in [-0.25, -0.2) is 0 Å². The number of benzene rings is 1. The lowest BCUT2D eigenvalue weighted by Gasteiger charge is -2.15. The second-order valence-corrected chi connectivity index (χ2v) is 5.39. The molecular weight excluding hydrogens is 282 g/mol. The zero-order valence-electron chi connectivity index (χ0n) is 9.53. The Labute approximate surface area is 109 Å². The van der Waals surface area contributed by atoms with Crippen LogP contribution in [0.3, 0.4) is 0 Å². The van der Waals surface area contributed by atoms with Gasteiger partial charge in [-0.2, -0.15) is 0 Å². The Balaban J connectivity index is 1.87. The minimum Gasteiger partial charge on any atom is -0.393 e. The lowest BCUT2D eigenvalue weighted by atomic mass is 10.1. The predicted molar refractivity (Wildman–Crippen MR) is 69.8 cm³/mol. The van der Waals surface area contributed by atoms with Crippen molar-refractivity contribution in [1.29, 1.82) is 0 Å². The van der Waals surface area contributed by atoms with Gasteiger partial charge in [-0.3, -0.25) is 4.79 Å². The summed E-state index contributed by atoms with van der Waals surface area (Å²) in [6.45, 7) is 0.566. The quantitative estimate of drug-likeness (QED) is 0.900. The molecule has 1 aliphatic rings. The molecule has 4 heteroatoms. The predicted octanol–water partition coefficient (Wildman–Crippen LogP) is 2.34. The summed E-state index contributed by atoms with van der Waals surface area (Å²) in [5.74, 6) is 0.144. The molecule has 1 aliphatic carbocycles. The van der Waals surface area contributed by atoms with Gasteiger partial charge in [-0.1, -0.05) is 22.4 Å². The van der Waals surface area contributed by atoms with Crippen LogP contribution in [0.25, 0.3) is 0 Å². The molecule has 1 amide bonds. The molecule has 0 aromatic heterocycles. The third kappa shape index (κ3) is 3.30. The lowest BCUT2D eigenvalue weighted by molar-refractivity contribution is 0.0917. The van der Waals surface area contributed by atoms with Crippen molar-refractivity contribution in [2.45, 2.75) is 25.4 Å². The van der Waals surface area contributed by atoms with Crippen LogP contribution in [-0.2, 0) is 0 Å². The Bertz CT molecular complexity index is 391. The number of rotatable bonds is 3. The number of nitrogens with one attached hydrogen (secondary N) is 1. The van der Waals surface area contributed by atoms with E-state index >= 15 is 0 Å². The molecule has 92 valence electrons. The van der Waals surface area contributed by atoms with Gasteiger partial charge in [0, 0.05) is 22.5 Å². The third-order valence-electron chi connectivity index (χ3n) is 3.25. The van der Waals surface area contributed by atoms with Gasteiger partial charge in [-0.15, -0.1) is 0 Å². The Kier molecular flexibility index (Phi) is 4.18. The van der Waals surface area contributed by atoms with Crippen LogP contribution in [-0.4, -0.2) is 23.7 Å². The molecule has 2 atom stereocenters. The first-order valence-corrected chi connectivity index (χ1v) is 6.68. The maximum atomic E-state index is 11.8. The van der Waals surface area contributed by atoms with Gasteiger partial charge >= 0.3 is 0 Å². The first kappa shape index (κ1) is 12.6. The lowest BCUT2D eigenvalue weighted by Crippen LogP contribution is -2.32. The normalized spacial score (nSPS) is 23.6. The van der Waals surface area contributed by atoms with Crippen LogP contribution in [0.5, 0.6) is 0 Å². The Morgan fingerprint density at radius 3 is 2.65 bits per heavy atom. The van der Waals surface area contributed by atoms with E-state index in [-0.39, 0.29) is 17.9 Å². The molecule has 1 aromatic rings. The zero-order valence-corrected chi connectivity index (χ0v) is 11.1. The fraction of sp³-hybridized carbons (Fsp3) is 0.462. The highest BCUT2D eigenvalue weighted by atomic mass is 79.9. The van der Waals surface area contributed by atoms with Crippen molar-refractivity contribution in [3.05, 3.63) is 34.3 Å². The summed E-state index contributed by atoms with van der Waals surface area (Å²) >= 11 is 3.33. The topological polar surface area (TPSA) is 49.3 Å². The Morgan fingerprint density at radius 1 is 1.35 bits per heavy atom. The maximum absolute atomic E-state index is 11.8. The fourth-order valence-corrected chi connectivity index (χ4v) is 2.45. The molecule has 3 nitrogen and oxygen atoms in total. The van der Waals surface area contributed by atoms with E-state index in [4.69, 9.17) is 0 Å². The van der Waals surface area contributed by atoms with E-state index in [0.717, 1.165) is 23.7 Å². The highest BCUT2D eigenvalue weighted by Crippen LogP contribution is 2.24. The van der Waals surface area contributed by atoms with Crippen LogP contribution in [0, 0.1) is 5.92 Å². The number of amides is 1. The second-order valence-electron chi connectivity index (χ2n) is 4.48. The summed E-state index contributed by atoms with van der Waals surface area (Å²) in [7, 11) is 0. The van der Waals surface area contributed by atoms with Gasteiger partial charge in [0.05, 0.1) is 6.10 Å². The van der Waals surface area contributed by atoms with E-state index in [1.807, 2.05) is 12.1 Å². The average molecular weight is 298 g/mol. The van der Waals surface area contributed by atoms with Crippen molar-refractivity contribution in [2.75, 3.05) is 6.54 Å². The highest BCUT2D eigenvalue weighted by Gasteiger charge is 2.25. The summed E-state index contributed by atoms with van der Waals surface area (Å²) in [6, 6.07) is 7.26. The smallest absolute Gasteiger partial charge is 0.251 e. The number of aliphatic hydroxyl groups is 1.